The molecular weight excluding hydrogens is 353 g/mol. The Balaban J connectivity index is 1.58. The van der Waals surface area contributed by atoms with Crippen LogP contribution < -0.4 is 10.2 Å². The van der Waals surface area contributed by atoms with Crippen LogP contribution in [-0.4, -0.2) is 28.0 Å². The summed E-state index contributed by atoms with van der Waals surface area (Å²) in [6.45, 7) is 1.89. The van der Waals surface area contributed by atoms with Crippen LogP contribution in [0.4, 0.5) is 10.3 Å². The van der Waals surface area contributed by atoms with Crippen LogP contribution in [0.15, 0.2) is 58.8 Å². The van der Waals surface area contributed by atoms with Gasteiger partial charge in [-0.25, -0.2) is 14.9 Å². The lowest BCUT2D eigenvalue weighted by Gasteiger charge is -2.04. The molecule has 26 heavy (non-hydrogen) atoms. The van der Waals surface area contributed by atoms with Crippen molar-refractivity contribution in [3.63, 3.8) is 0 Å². The molecule has 0 saturated carbocycles. The SMILES string of the molecule is COc1cccc(/C(C)=N/Nc2nc(SCc3ccc(F)cc3)n[nH]2)c1. The van der Waals surface area contributed by atoms with Gasteiger partial charge in [-0.15, -0.1) is 5.10 Å². The van der Waals surface area contributed by atoms with E-state index in [4.69, 9.17) is 4.74 Å². The molecule has 0 aliphatic heterocycles. The summed E-state index contributed by atoms with van der Waals surface area (Å²) in [6.07, 6.45) is 0. The first kappa shape index (κ1) is 17.9. The van der Waals surface area contributed by atoms with Gasteiger partial charge in [0.15, 0.2) is 0 Å². The van der Waals surface area contributed by atoms with Gasteiger partial charge in [0.2, 0.25) is 11.1 Å². The number of hydrazone groups is 1. The maximum absolute atomic E-state index is 12.9. The lowest BCUT2D eigenvalue weighted by Crippen LogP contribution is -2.01. The molecule has 6 nitrogen and oxygen atoms in total. The van der Waals surface area contributed by atoms with Crippen molar-refractivity contribution in [2.24, 2.45) is 5.10 Å². The number of hydrogen-bond donors (Lipinski definition) is 2. The third kappa shape index (κ3) is 4.82. The lowest BCUT2D eigenvalue weighted by atomic mass is 10.1. The van der Waals surface area contributed by atoms with Crippen LogP contribution in [0.2, 0.25) is 0 Å². The highest BCUT2D eigenvalue weighted by Crippen LogP contribution is 2.20. The van der Waals surface area contributed by atoms with Crippen LogP contribution in [0.25, 0.3) is 0 Å². The van der Waals surface area contributed by atoms with E-state index in [0.717, 1.165) is 22.6 Å². The predicted octanol–water partition coefficient (Wildman–Crippen LogP) is 4.08. The second-order valence-corrected chi connectivity index (χ2v) is 6.37. The Morgan fingerprint density at radius 2 is 2.08 bits per heavy atom. The smallest absolute Gasteiger partial charge is 0.240 e. The number of ether oxygens (including phenoxy) is 1. The van der Waals surface area contributed by atoms with E-state index in [2.05, 4.69) is 25.7 Å². The third-order valence-corrected chi connectivity index (χ3v) is 4.48. The van der Waals surface area contributed by atoms with Gasteiger partial charge in [0.25, 0.3) is 0 Å². The Morgan fingerprint density at radius 1 is 1.27 bits per heavy atom. The van der Waals surface area contributed by atoms with Crippen LogP contribution in [-0.2, 0) is 5.75 Å². The topological polar surface area (TPSA) is 75.2 Å². The van der Waals surface area contributed by atoms with Gasteiger partial charge in [0, 0.05) is 11.3 Å². The van der Waals surface area contributed by atoms with Gasteiger partial charge in [-0.3, -0.25) is 0 Å². The maximum Gasteiger partial charge on any atom is 0.240 e. The first-order chi connectivity index (χ1) is 12.6. The molecular formula is C18H18FN5OS. The summed E-state index contributed by atoms with van der Waals surface area (Å²) in [6, 6.07) is 14.0. The molecule has 3 rings (SSSR count). The second-order valence-electron chi connectivity index (χ2n) is 5.42. The summed E-state index contributed by atoms with van der Waals surface area (Å²) in [5.41, 5.74) is 5.60. The minimum atomic E-state index is -0.243. The molecule has 0 atom stereocenters. The second kappa shape index (κ2) is 8.48. The first-order valence-corrected chi connectivity index (χ1v) is 8.87. The third-order valence-electron chi connectivity index (χ3n) is 3.56. The van der Waals surface area contributed by atoms with Gasteiger partial charge in [-0.2, -0.15) is 10.1 Å². The number of nitrogens with one attached hydrogen (secondary N) is 2. The number of halogens is 1. The molecule has 0 spiro atoms. The minimum absolute atomic E-state index is 0.243. The highest BCUT2D eigenvalue weighted by molar-refractivity contribution is 7.98. The summed E-state index contributed by atoms with van der Waals surface area (Å²) >= 11 is 1.45. The molecule has 0 bridgehead atoms. The molecule has 3 aromatic rings. The normalized spacial score (nSPS) is 11.4. The number of rotatable bonds is 7. The Labute approximate surface area is 154 Å². The van der Waals surface area contributed by atoms with Gasteiger partial charge in [0.05, 0.1) is 12.8 Å². The number of hydrogen-bond acceptors (Lipinski definition) is 6. The molecule has 2 aromatic carbocycles. The molecule has 0 radical (unpaired) electrons. The molecule has 8 heteroatoms. The summed E-state index contributed by atoms with van der Waals surface area (Å²) < 4.78 is 18.1. The Morgan fingerprint density at radius 3 is 2.85 bits per heavy atom. The summed E-state index contributed by atoms with van der Waals surface area (Å²) in [5.74, 6) is 1.64. The van der Waals surface area contributed by atoms with Gasteiger partial charge in [0.1, 0.15) is 11.6 Å². The minimum Gasteiger partial charge on any atom is -0.497 e. The number of aromatic nitrogens is 3. The molecule has 2 N–H and O–H groups in total. The zero-order valence-corrected chi connectivity index (χ0v) is 15.2. The van der Waals surface area contributed by atoms with Crippen LogP contribution in [0, 0.1) is 5.82 Å². The van der Waals surface area contributed by atoms with Crippen molar-refractivity contribution in [1.82, 2.24) is 15.2 Å². The fourth-order valence-corrected chi connectivity index (χ4v) is 2.89. The van der Waals surface area contributed by atoms with Crippen molar-refractivity contribution >= 4 is 23.4 Å². The van der Waals surface area contributed by atoms with E-state index in [1.165, 1.54) is 23.9 Å². The van der Waals surface area contributed by atoms with Crippen molar-refractivity contribution in [3.8, 4) is 5.75 Å². The van der Waals surface area contributed by atoms with Crippen molar-refractivity contribution in [1.29, 1.82) is 0 Å². The summed E-state index contributed by atoms with van der Waals surface area (Å²) in [4.78, 5) is 4.32. The van der Waals surface area contributed by atoms with E-state index in [9.17, 15) is 4.39 Å². The predicted molar refractivity (Wildman–Crippen MR) is 101 cm³/mol. The van der Waals surface area contributed by atoms with Gasteiger partial charge in [-0.05, 0) is 36.8 Å². The van der Waals surface area contributed by atoms with Gasteiger partial charge < -0.3 is 4.74 Å². The van der Waals surface area contributed by atoms with E-state index in [1.54, 1.807) is 19.2 Å². The Bertz CT molecular complexity index is 895. The lowest BCUT2D eigenvalue weighted by molar-refractivity contribution is 0.414. The molecule has 0 amide bonds. The van der Waals surface area contributed by atoms with Gasteiger partial charge in [-0.1, -0.05) is 36.0 Å². The molecule has 0 unspecified atom stereocenters. The molecule has 0 aliphatic rings. The Kier molecular flexibility index (Phi) is 5.85. The fourth-order valence-electron chi connectivity index (χ4n) is 2.14. The standard InChI is InChI=1S/C18H18FN5OS/c1-12(14-4-3-5-16(10-14)25-2)21-22-17-20-18(24-23-17)26-11-13-6-8-15(19)9-7-13/h3-10H,11H2,1-2H3,(H2,20,22,23,24)/b21-12+. The van der Waals surface area contributed by atoms with E-state index in [1.807, 2.05) is 31.2 Å². The van der Waals surface area contributed by atoms with Gasteiger partial charge >= 0.3 is 0 Å². The average molecular weight is 371 g/mol. The quantitative estimate of drug-likeness (QED) is 0.372. The van der Waals surface area contributed by atoms with Crippen LogP contribution in [0.1, 0.15) is 18.1 Å². The number of H-pyrrole nitrogens is 1. The number of nitrogens with zero attached hydrogens (tertiary/aromatic N) is 3. The largest absolute Gasteiger partial charge is 0.497 e. The highest BCUT2D eigenvalue weighted by Gasteiger charge is 2.05. The Hall–Kier alpha value is -2.87. The van der Waals surface area contributed by atoms with Crippen LogP contribution in [0.5, 0.6) is 5.75 Å². The number of benzene rings is 2. The number of thioether (sulfide) groups is 1. The number of aromatic amines is 1. The van der Waals surface area contributed by atoms with Crippen molar-refractivity contribution in [3.05, 3.63) is 65.5 Å². The molecule has 0 fully saturated rings. The molecule has 0 aliphatic carbocycles. The van der Waals surface area contributed by atoms with Crippen molar-refractivity contribution < 1.29 is 9.13 Å². The van der Waals surface area contributed by atoms with Crippen LogP contribution >= 0.6 is 11.8 Å². The summed E-state index contributed by atoms with van der Waals surface area (Å²) in [5, 5.41) is 11.8. The van der Waals surface area contributed by atoms with E-state index in [-0.39, 0.29) is 5.82 Å². The van der Waals surface area contributed by atoms with Crippen molar-refractivity contribution in [2.75, 3.05) is 12.5 Å². The van der Waals surface area contributed by atoms with Crippen molar-refractivity contribution in [2.45, 2.75) is 17.8 Å². The monoisotopic (exact) mass is 371 g/mol. The van der Waals surface area contributed by atoms with E-state index in [0.29, 0.717) is 16.9 Å². The number of anilines is 1. The average Bonchev–Trinajstić information content (AvgIpc) is 3.13. The van der Waals surface area contributed by atoms with E-state index < -0.39 is 0 Å². The van der Waals surface area contributed by atoms with E-state index >= 15 is 0 Å². The highest BCUT2D eigenvalue weighted by atomic mass is 32.2. The number of methoxy groups -OCH3 is 1. The molecule has 1 heterocycles. The first-order valence-electron chi connectivity index (χ1n) is 7.88. The van der Waals surface area contributed by atoms with Crippen LogP contribution in [0.3, 0.4) is 0 Å². The maximum atomic E-state index is 12.9. The molecule has 0 saturated heterocycles. The zero-order valence-electron chi connectivity index (χ0n) is 14.4. The molecule has 1 aromatic heterocycles. The molecule has 134 valence electrons. The zero-order chi connectivity index (χ0) is 18.4. The fraction of sp³-hybridized carbons (Fsp3) is 0.167. The summed E-state index contributed by atoms with van der Waals surface area (Å²) in [7, 11) is 1.63.